The molecule has 3 heteroatoms. The molecule has 0 radical (unpaired) electrons. The van der Waals surface area contributed by atoms with Gasteiger partial charge in [-0.05, 0) is 42.9 Å². The highest BCUT2D eigenvalue weighted by Crippen LogP contribution is 2.36. The second-order valence-electron chi connectivity index (χ2n) is 6.88. The summed E-state index contributed by atoms with van der Waals surface area (Å²) in [6.07, 6.45) is 6.89. The van der Waals surface area contributed by atoms with Crippen molar-refractivity contribution >= 4 is 0 Å². The summed E-state index contributed by atoms with van der Waals surface area (Å²) in [5, 5.41) is 3.72. The number of rotatable bonds is 4. The van der Waals surface area contributed by atoms with Gasteiger partial charge in [-0.1, -0.05) is 32.3 Å². The smallest absolute Gasteiger partial charge is 0.161 e. The highest BCUT2D eigenvalue weighted by Gasteiger charge is 2.27. The highest BCUT2D eigenvalue weighted by molar-refractivity contribution is 5.44. The predicted molar refractivity (Wildman–Crippen MR) is 85.0 cm³/mol. The van der Waals surface area contributed by atoms with Crippen molar-refractivity contribution in [2.45, 2.75) is 52.0 Å². The van der Waals surface area contributed by atoms with Gasteiger partial charge in [0.15, 0.2) is 11.5 Å². The Morgan fingerprint density at radius 2 is 1.81 bits per heavy atom. The molecule has 1 heterocycles. The van der Waals surface area contributed by atoms with Crippen molar-refractivity contribution in [3.05, 3.63) is 23.8 Å². The summed E-state index contributed by atoms with van der Waals surface area (Å²) in [5.74, 6) is 1.76. The van der Waals surface area contributed by atoms with Crippen LogP contribution >= 0.6 is 0 Å². The fourth-order valence-electron chi connectivity index (χ4n) is 3.43. The van der Waals surface area contributed by atoms with Crippen LogP contribution in [-0.2, 0) is 0 Å². The van der Waals surface area contributed by atoms with E-state index in [1.807, 2.05) is 6.07 Å². The molecule has 1 fully saturated rings. The molecule has 0 amide bonds. The maximum absolute atomic E-state index is 5.68. The third-order valence-corrected chi connectivity index (χ3v) is 4.96. The molecule has 1 N–H and O–H groups in total. The summed E-state index contributed by atoms with van der Waals surface area (Å²) in [5.41, 5.74) is 1.75. The molecule has 1 aliphatic carbocycles. The molecular weight excluding hydrogens is 262 g/mol. The lowest BCUT2D eigenvalue weighted by Crippen LogP contribution is -2.35. The lowest BCUT2D eigenvalue weighted by molar-refractivity contribution is 0.171. The molecule has 3 rings (SSSR count). The van der Waals surface area contributed by atoms with Gasteiger partial charge in [-0.3, -0.25) is 0 Å². The minimum Gasteiger partial charge on any atom is -0.486 e. The summed E-state index contributed by atoms with van der Waals surface area (Å²) in [7, 11) is 0. The van der Waals surface area contributed by atoms with Gasteiger partial charge < -0.3 is 14.8 Å². The molecule has 2 aliphatic rings. The molecule has 1 aliphatic heterocycles. The third kappa shape index (κ3) is 3.52. The zero-order chi connectivity index (χ0) is 14.7. The maximum Gasteiger partial charge on any atom is 0.161 e. The number of ether oxygens (including phenoxy) is 2. The fraction of sp³-hybridized carbons (Fsp3) is 0.667. The zero-order valence-electron chi connectivity index (χ0n) is 13.3. The van der Waals surface area contributed by atoms with Gasteiger partial charge in [0.05, 0.1) is 0 Å². The van der Waals surface area contributed by atoms with Gasteiger partial charge in [0.1, 0.15) is 13.2 Å². The lowest BCUT2D eigenvalue weighted by Gasteiger charge is -2.35. The molecule has 1 aromatic carbocycles. The predicted octanol–water partition coefficient (Wildman–Crippen LogP) is 4.08. The van der Waals surface area contributed by atoms with E-state index >= 15 is 0 Å². The summed E-state index contributed by atoms with van der Waals surface area (Å²) in [6.45, 7) is 7.06. The van der Waals surface area contributed by atoms with Crippen LogP contribution in [0.4, 0.5) is 0 Å². The number of hydrogen-bond acceptors (Lipinski definition) is 3. The molecule has 1 unspecified atom stereocenters. The van der Waals surface area contributed by atoms with Gasteiger partial charge in [0.25, 0.3) is 0 Å². The van der Waals surface area contributed by atoms with Gasteiger partial charge in [-0.25, -0.2) is 0 Å². The molecule has 0 aromatic heterocycles. The lowest BCUT2D eigenvalue weighted by atomic mass is 9.75. The second-order valence-corrected chi connectivity index (χ2v) is 6.88. The second kappa shape index (κ2) is 6.27. The Balaban J connectivity index is 1.61. The van der Waals surface area contributed by atoms with Crippen molar-refractivity contribution in [1.29, 1.82) is 0 Å². The number of nitrogens with one attached hydrogen (secondary N) is 1. The van der Waals surface area contributed by atoms with Crippen LogP contribution < -0.4 is 14.8 Å². The minimum absolute atomic E-state index is 0.347. The van der Waals surface area contributed by atoms with Crippen LogP contribution in [-0.4, -0.2) is 19.8 Å². The average molecular weight is 289 g/mol. The van der Waals surface area contributed by atoms with E-state index in [9.17, 15) is 0 Å². The van der Waals surface area contributed by atoms with Gasteiger partial charge >= 0.3 is 0 Å². The first-order valence-electron chi connectivity index (χ1n) is 8.29. The van der Waals surface area contributed by atoms with Crippen LogP contribution in [0.15, 0.2) is 18.2 Å². The van der Waals surface area contributed by atoms with Crippen molar-refractivity contribution in [1.82, 2.24) is 5.32 Å². The van der Waals surface area contributed by atoms with Crippen molar-refractivity contribution < 1.29 is 9.47 Å². The third-order valence-electron chi connectivity index (χ3n) is 4.96. The normalized spacial score (nSPS) is 21.8. The van der Waals surface area contributed by atoms with E-state index in [1.165, 1.54) is 37.7 Å². The largest absolute Gasteiger partial charge is 0.486 e. The molecular formula is C18H27NO2. The number of benzene rings is 1. The summed E-state index contributed by atoms with van der Waals surface area (Å²) >= 11 is 0. The molecule has 1 atom stereocenters. The minimum atomic E-state index is 0.347. The molecule has 21 heavy (non-hydrogen) atoms. The average Bonchev–Trinajstić information content (AvgIpc) is 2.53. The van der Waals surface area contributed by atoms with Crippen molar-refractivity contribution in [3.63, 3.8) is 0 Å². The molecule has 3 nitrogen and oxygen atoms in total. The van der Waals surface area contributed by atoms with Crippen LogP contribution in [0.2, 0.25) is 0 Å². The van der Waals surface area contributed by atoms with Crippen molar-refractivity contribution in [3.8, 4) is 11.5 Å². The summed E-state index contributed by atoms with van der Waals surface area (Å²) < 4.78 is 11.3. The van der Waals surface area contributed by atoms with Crippen LogP contribution in [0.3, 0.4) is 0 Å². The standard InChI is InChI=1S/C18H27NO2/c1-14(19-13-18(2)8-4-3-5-9-18)15-6-7-16-17(12-15)21-11-10-20-16/h6-7,12,14,19H,3-5,8-11,13H2,1-2H3. The Bertz CT molecular complexity index is 480. The van der Waals surface area contributed by atoms with E-state index in [0.717, 1.165) is 18.0 Å². The van der Waals surface area contributed by atoms with E-state index in [1.54, 1.807) is 0 Å². The molecule has 0 saturated heterocycles. The first-order chi connectivity index (χ1) is 10.2. The Hall–Kier alpha value is -1.22. The summed E-state index contributed by atoms with van der Waals surface area (Å²) in [6, 6.07) is 6.65. The first-order valence-corrected chi connectivity index (χ1v) is 8.29. The van der Waals surface area contributed by atoms with E-state index in [0.29, 0.717) is 24.7 Å². The number of hydrogen-bond donors (Lipinski definition) is 1. The van der Waals surface area contributed by atoms with Gasteiger partial charge in [0.2, 0.25) is 0 Å². The highest BCUT2D eigenvalue weighted by atomic mass is 16.6. The maximum atomic E-state index is 5.68. The van der Waals surface area contributed by atoms with E-state index in [4.69, 9.17) is 9.47 Å². The van der Waals surface area contributed by atoms with Crippen molar-refractivity contribution in [2.75, 3.05) is 19.8 Å². The van der Waals surface area contributed by atoms with E-state index in [-0.39, 0.29) is 0 Å². The Morgan fingerprint density at radius 3 is 2.57 bits per heavy atom. The number of fused-ring (bicyclic) bond motifs is 1. The van der Waals surface area contributed by atoms with Crippen LogP contribution in [0.5, 0.6) is 11.5 Å². The Labute approximate surface area is 128 Å². The quantitative estimate of drug-likeness (QED) is 0.906. The Kier molecular flexibility index (Phi) is 4.39. The monoisotopic (exact) mass is 289 g/mol. The SMILES string of the molecule is CC(NCC1(C)CCCCC1)c1ccc2c(c1)OCCO2. The van der Waals surface area contributed by atoms with Gasteiger partial charge in [-0.15, -0.1) is 0 Å². The molecule has 116 valence electrons. The molecule has 1 saturated carbocycles. The van der Waals surface area contributed by atoms with Gasteiger partial charge in [0, 0.05) is 12.6 Å². The van der Waals surface area contributed by atoms with Crippen molar-refractivity contribution in [2.24, 2.45) is 5.41 Å². The summed E-state index contributed by atoms with van der Waals surface area (Å²) in [4.78, 5) is 0. The van der Waals surface area contributed by atoms with Crippen LogP contribution in [0.1, 0.15) is 57.6 Å². The van der Waals surface area contributed by atoms with Gasteiger partial charge in [-0.2, -0.15) is 0 Å². The van der Waals surface area contributed by atoms with Crippen LogP contribution in [0.25, 0.3) is 0 Å². The fourth-order valence-corrected chi connectivity index (χ4v) is 3.43. The first kappa shape index (κ1) is 14.7. The van der Waals surface area contributed by atoms with Crippen LogP contribution in [0, 0.1) is 5.41 Å². The zero-order valence-corrected chi connectivity index (χ0v) is 13.3. The Morgan fingerprint density at radius 1 is 1.10 bits per heavy atom. The molecule has 0 spiro atoms. The topological polar surface area (TPSA) is 30.5 Å². The van der Waals surface area contributed by atoms with E-state index in [2.05, 4.69) is 31.3 Å². The molecule has 1 aromatic rings. The van der Waals surface area contributed by atoms with E-state index < -0.39 is 0 Å². The molecule has 0 bridgehead atoms.